The Morgan fingerprint density at radius 1 is 1.19 bits per heavy atom. The fourth-order valence-corrected chi connectivity index (χ4v) is 2.64. The van der Waals surface area contributed by atoms with Gasteiger partial charge in [0.15, 0.2) is 5.78 Å². The Kier molecular flexibility index (Phi) is 6.51. The second kappa shape index (κ2) is 7.90. The molecule has 0 saturated heterocycles. The second-order valence-corrected chi connectivity index (χ2v) is 6.25. The molecule has 0 aliphatic carbocycles. The topological polar surface area (TPSA) is 92.3 Å². The Labute approximate surface area is 125 Å². The molecule has 0 bridgehead atoms. The van der Waals surface area contributed by atoms with E-state index in [9.17, 15) is 18.0 Å². The Hall–Kier alpha value is -1.73. The van der Waals surface area contributed by atoms with Gasteiger partial charge in [-0.2, -0.15) is 0 Å². The van der Waals surface area contributed by atoms with Crippen molar-refractivity contribution in [3.05, 3.63) is 29.8 Å². The predicted octanol–water partition coefficient (Wildman–Crippen LogP) is 1.08. The highest BCUT2D eigenvalue weighted by Crippen LogP contribution is 2.12. The summed E-state index contributed by atoms with van der Waals surface area (Å²) in [6, 6.07) is 5.78. The number of Topliss-reactive ketones (excluding diaryl/α,β-unsaturated/α-hetero) is 1. The van der Waals surface area contributed by atoms with Gasteiger partial charge in [0.1, 0.15) is 0 Å². The van der Waals surface area contributed by atoms with Crippen molar-refractivity contribution in [3.63, 3.8) is 0 Å². The van der Waals surface area contributed by atoms with Crippen LogP contribution in [0.2, 0.25) is 0 Å². The number of ketones is 1. The molecule has 116 valence electrons. The van der Waals surface area contributed by atoms with E-state index in [2.05, 4.69) is 10.0 Å². The fraction of sp³-hybridized carbons (Fsp3) is 0.429. The molecule has 0 saturated carbocycles. The fourth-order valence-electron chi connectivity index (χ4n) is 1.61. The molecule has 0 aliphatic heterocycles. The van der Waals surface area contributed by atoms with Gasteiger partial charge in [0.05, 0.1) is 11.4 Å². The molecule has 0 aromatic heterocycles. The lowest BCUT2D eigenvalue weighted by atomic mass is 10.1. The molecule has 0 radical (unpaired) electrons. The van der Waals surface area contributed by atoms with Crippen LogP contribution in [0.15, 0.2) is 29.2 Å². The summed E-state index contributed by atoms with van der Waals surface area (Å²) < 4.78 is 26.4. The van der Waals surface area contributed by atoms with Crippen LogP contribution >= 0.6 is 0 Å². The van der Waals surface area contributed by atoms with Gasteiger partial charge in [-0.05, 0) is 18.6 Å². The van der Waals surface area contributed by atoms with Crippen LogP contribution < -0.4 is 10.0 Å². The summed E-state index contributed by atoms with van der Waals surface area (Å²) in [6.07, 6.45) is 1.08. The minimum Gasteiger partial charge on any atom is -0.355 e. The van der Waals surface area contributed by atoms with Crippen molar-refractivity contribution >= 4 is 21.7 Å². The molecule has 1 aromatic carbocycles. The van der Waals surface area contributed by atoms with Gasteiger partial charge >= 0.3 is 0 Å². The molecule has 21 heavy (non-hydrogen) atoms. The minimum absolute atomic E-state index is 0.0231. The summed E-state index contributed by atoms with van der Waals surface area (Å²) in [7, 11) is -3.81. The first-order valence-electron chi connectivity index (χ1n) is 6.80. The van der Waals surface area contributed by atoms with E-state index >= 15 is 0 Å². The largest absolute Gasteiger partial charge is 0.355 e. The molecule has 0 unspecified atom stereocenters. The molecule has 6 nitrogen and oxygen atoms in total. The number of sulfonamides is 1. The summed E-state index contributed by atoms with van der Waals surface area (Å²) >= 11 is 0. The van der Waals surface area contributed by atoms with Crippen LogP contribution in [-0.4, -0.2) is 33.2 Å². The molecular formula is C14H20N2O4S. The van der Waals surface area contributed by atoms with Crippen molar-refractivity contribution < 1.29 is 18.0 Å². The highest BCUT2D eigenvalue weighted by atomic mass is 32.2. The normalized spacial score (nSPS) is 11.1. The van der Waals surface area contributed by atoms with E-state index in [1.165, 1.54) is 18.2 Å². The maximum atomic E-state index is 12.1. The van der Waals surface area contributed by atoms with Crippen molar-refractivity contribution in [2.45, 2.75) is 31.6 Å². The van der Waals surface area contributed by atoms with E-state index in [0.717, 1.165) is 6.42 Å². The molecule has 7 heteroatoms. The Morgan fingerprint density at radius 3 is 2.52 bits per heavy atom. The predicted molar refractivity (Wildman–Crippen MR) is 79.6 cm³/mol. The highest BCUT2D eigenvalue weighted by molar-refractivity contribution is 7.89. The van der Waals surface area contributed by atoms with Crippen molar-refractivity contribution in [2.24, 2.45) is 0 Å². The van der Waals surface area contributed by atoms with Crippen molar-refractivity contribution in [1.82, 2.24) is 10.0 Å². The first-order chi connectivity index (χ1) is 9.90. The monoisotopic (exact) mass is 312 g/mol. The molecule has 2 N–H and O–H groups in total. The van der Waals surface area contributed by atoms with E-state index < -0.39 is 10.0 Å². The summed E-state index contributed by atoms with van der Waals surface area (Å²) in [4.78, 5) is 23.0. The molecule has 0 heterocycles. The lowest BCUT2D eigenvalue weighted by molar-refractivity contribution is -0.119. The average Bonchev–Trinajstić information content (AvgIpc) is 2.50. The van der Waals surface area contributed by atoms with Gasteiger partial charge < -0.3 is 5.32 Å². The Morgan fingerprint density at radius 2 is 1.90 bits per heavy atom. The van der Waals surface area contributed by atoms with Gasteiger partial charge in [0.25, 0.3) is 0 Å². The number of rotatable bonds is 8. The number of hydrogen-bond donors (Lipinski definition) is 2. The number of nitrogens with one attached hydrogen (secondary N) is 2. The summed E-state index contributed by atoms with van der Waals surface area (Å²) in [5.74, 6) is -0.519. The van der Waals surface area contributed by atoms with Crippen LogP contribution in [0.5, 0.6) is 0 Å². The summed E-state index contributed by atoms with van der Waals surface area (Å²) in [5.41, 5.74) is 0.343. The number of carbonyl (C=O) groups excluding carboxylic acids is 2. The molecule has 0 fully saturated rings. The van der Waals surface area contributed by atoms with Gasteiger partial charge in [-0.1, -0.05) is 26.0 Å². The van der Waals surface area contributed by atoms with E-state index in [1.54, 1.807) is 13.0 Å². The Bertz CT molecular complexity index is 611. The van der Waals surface area contributed by atoms with Crippen molar-refractivity contribution in [3.8, 4) is 0 Å². The first-order valence-corrected chi connectivity index (χ1v) is 8.28. The smallest absolute Gasteiger partial charge is 0.241 e. The number of hydrogen-bond acceptors (Lipinski definition) is 4. The molecular weight excluding hydrogens is 292 g/mol. The van der Waals surface area contributed by atoms with Crippen LogP contribution in [0.1, 0.15) is 37.0 Å². The zero-order valence-electron chi connectivity index (χ0n) is 12.2. The van der Waals surface area contributed by atoms with E-state index in [-0.39, 0.29) is 23.1 Å². The third-order valence-electron chi connectivity index (χ3n) is 2.78. The Balaban J connectivity index is 2.79. The van der Waals surface area contributed by atoms with Crippen LogP contribution in [0, 0.1) is 0 Å². The lowest BCUT2D eigenvalue weighted by Gasteiger charge is -2.08. The van der Waals surface area contributed by atoms with E-state index in [0.29, 0.717) is 18.5 Å². The zero-order chi connectivity index (χ0) is 15.9. The maximum absolute atomic E-state index is 12.1. The van der Waals surface area contributed by atoms with Crippen molar-refractivity contribution in [2.75, 3.05) is 13.1 Å². The molecule has 1 amide bonds. The number of benzene rings is 1. The average molecular weight is 312 g/mol. The third-order valence-corrected chi connectivity index (χ3v) is 4.18. The highest BCUT2D eigenvalue weighted by Gasteiger charge is 2.16. The molecule has 0 aliphatic rings. The van der Waals surface area contributed by atoms with Gasteiger partial charge in [-0.15, -0.1) is 0 Å². The quantitative estimate of drug-likeness (QED) is 0.703. The van der Waals surface area contributed by atoms with Gasteiger partial charge in [-0.3, -0.25) is 9.59 Å². The molecule has 0 atom stereocenters. The van der Waals surface area contributed by atoms with Gasteiger partial charge in [0.2, 0.25) is 15.9 Å². The van der Waals surface area contributed by atoms with E-state index in [1.807, 2.05) is 6.92 Å². The van der Waals surface area contributed by atoms with Crippen LogP contribution in [-0.2, 0) is 14.8 Å². The van der Waals surface area contributed by atoms with Crippen LogP contribution in [0.3, 0.4) is 0 Å². The standard InChI is InChI=1S/C14H20N2O4S/c1-3-8-15-14(18)10-16-21(19,20)12-7-5-6-11(9-12)13(17)4-2/h5-7,9,16H,3-4,8,10H2,1-2H3,(H,15,18). The van der Waals surface area contributed by atoms with Crippen LogP contribution in [0.4, 0.5) is 0 Å². The van der Waals surface area contributed by atoms with Crippen LogP contribution in [0.25, 0.3) is 0 Å². The third kappa shape index (κ3) is 5.28. The molecule has 0 spiro atoms. The number of amides is 1. The van der Waals surface area contributed by atoms with E-state index in [4.69, 9.17) is 0 Å². The lowest BCUT2D eigenvalue weighted by Crippen LogP contribution is -2.37. The minimum atomic E-state index is -3.81. The second-order valence-electron chi connectivity index (χ2n) is 4.48. The SMILES string of the molecule is CCCNC(=O)CNS(=O)(=O)c1cccc(C(=O)CC)c1. The van der Waals surface area contributed by atoms with Gasteiger partial charge in [0, 0.05) is 18.5 Å². The summed E-state index contributed by atoms with van der Waals surface area (Å²) in [5, 5.41) is 2.58. The maximum Gasteiger partial charge on any atom is 0.241 e. The number of carbonyl (C=O) groups is 2. The zero-order valence-corrected chi connectivity index (χ0v) is 13.0. The molecule has 1 aromatic rings. The van der Waals surface area contributed by atoms with Gasteiger partial charge in [-0.25, -0.2) is 13.1 Å². The molecule has 1 rings (SSSR count). The summed E-state index contributed by atoms with van der Waals surface area (Å²) in [6.45, 7) is 3.79. The first kappa shape index (κ1) is 17.3. The van der Waals surface area contributed by atoms with Crippen molar-refractivity contribution in [1.29, 1.82) is 0 Å².